The normalized spacial score (nSPS) is 14.6. The number of nitrogens with zero attached hydrogens (tertiary/aromatic N) is 4. The number of aryl methyl sites for hydroxylation is 1. The second-order valence-corrected chi connectivity index (χ2v) is 8.78. The quantitative estimate of drug-likeness (QED) is 0.512. The Morgan fingerprint density at radius 1 is 1.09 bits per heavy atom. The van der Waals surface area contributed by atoms with Crippen molar-refractivity contribution in [2.24, 2.45) is 0 Å². The number of likely N-dealkylation sites (tertiary alicyclic amines) is 1. The number of rotatable bonds is 7. The van der Waals surface area contributed by atoms with Crippen molar-refractivity contribution in [2.75, 3.05) is 27.2 Å². The lowest BCUT2D eigenvalue weighted by Crippen LogP contribution is -2.45. The van der Waals surface area contributed by atoms with E-state index in [0.29, 0.717) is 17.1 Å². The van der Waals surface area contributed by atoms with Crippen LogP contribution in [-0.4, -0.2) is 59.0 Å². The van der Waals surface area contributed by atoms with E-state index in [1.54, 1.807) is 19.5 Å². The summed E-state index contributed by atoms with van der Waals surface area (Å²) >= 11 is 0. The molecule has 7 heteroatoms. The molecule has 0 spiro atoms. The zero-order valence-electron chi connectivity index (χ0n) is 20.3. The molecule has 1 amide bonds. The Morgan fingerprint density at radius 3 is 2.47 bits per heavy atom. The van der Waals surface area contributed by atoms with Gasteiger partial charge in [0.25, 0.3) is 5.91 Å². The largest absolute Gasteiger partial charge is 0.496 e. The van der Waals surface area contributed by atoms with Crippen molar-refractivity contribution < 1.29 is 14.3 Å². The molecule has 1 aliphatic heterocycles. The highest BCUT2D eigenvalue weighted by Gasteiger charge is 2.26. The van der Waals surface area contributed by atoms with Crippen LogP contribution in [0, 0.1) is 13.8 Å². The van der Waals surface area contributed by atoms with Crippen LogP contribution in [0.2, 0.25) is 0 Å². The highest BCUT2D eigenvalue weighted by molar-refractivity contribution is 5.94. The molecule has 0 aliphatic carbocycles. The summed E-state index contributed by atoms with van der Waals surface area (Å²) < 4.78 is 11.3. The Hall–Kier alpha value is -3.45. The first-order valence-corrected chi connectivity index (χ1v) is 11.6. The summed E-state index contributed by atoms with van der Waals surface area (Å²) in [6, 6.07) is 11.2. The molecule has 4 rings (SSSR count). The number of hydrogen-bond acceptors (Lipinski definition) is 6. The second-order valence-electron chi connectivity index (χ2n) is 8.78. The van der Waals surface area contributed by atoms with Crippen molar-refractivity contribution in [2.45, 2.75) is 39.3 Å². The standard InChI is InChI=1S/C27H32N4O3/c1-19-16-29-25(20(2)26(19)33-4)18-31-14-11-22(12-15-31)30(3)27(32)21-7-9-23(10-8-21)34-24-6-5-13-28-17-24/h5-10,13,16-17,22H,11-12,14-15,18H2,1-4H3. The van der Waals surface area contributed by atoms with E-state index in [1.165, 1.54) is 0 Å². The average molecular weight is 461 g/mol. The van der Waals surface area contributed by atoms with Crippen LogP contribution in [0.1, 0.15) is 40.0 Å². The predicted octanol–water partition coefficient (Wildman–Crippen LogP) is 4.63. The van der Waals surface area contributed by atoms with E-state index >= 15 is 0 Å². The number of aromatic nitrogens is 2. The summed E-state index contributed by atoms with van der Waals surface area (Å²) in [6.07, 6.45) is 7.12. The molecular formula is C27H32N4O3. The topological polar surface area (TPSA) is 67.8 Å². The summed E-state index contributed by atoms with van der Waals surface area (Å²) in [6.45, 7) is 6.74. The predicted molar refractivity (Wildman–Crippen MR) is 131 cm³/mol. The maximum absolute atomic E-state index is 13.1. The molecule has 1 fully saturated rings. The minimum absolute atomic E-state index is 0.0344. The second kappa shape index (κ2) is 10.7. The third-order valence-corrected chi connectivity index (χ3v) is 6.52. The third-order valence-electron chi connectivity index (χ3n) is 6.52. The number of pyridine rings is 2. The molecule has 0 N–H and O–H groups in total. The maximum atomic E-state index is 13.1. The molecule has 0 radical (unpaired) electrons. The van der Waals surface area contributed by atoms with Crippen LogP contribution in [0.3, 0.4) is 0 Å². The number of carbonyl (C=O) groups excluding carboxylic acids is 1. The molecule has 3 heterocycles. The fourth-order valence-electron chi connectivity index (χ4n) is 4.49. The number of methoxy groups -OCH3 is 1. The van der Waals surface area contributed by atoms with Crippen molar-refractivity contribution in [1.82, 2.24) is 19.8 Å². The molecule has 2 aromatic heterocycles. The summed E-state index contributed by atoms with van der Waals surface area (Å²) in [4.78, 5) is 26.0. The molecule has 34 heavy (non-hydrogen) atoms. The smallest absolute Gasteiger partial charge is 0.253 e. The van der Waals surface area contributed by atoms with Crippen LogP contribution in [0.25, 0.3) is 0 Å². The number of benzene rings is 1. The Kier molecular flexibility index (Phi) is 7.43. The van der Waals surface area contributed by atoms with Crippen LogP contribution in [0.5, 0.6) is 17.2 Å². The molecule has 178 valence electrons. The van der Waals surface area contributed by atoms with Gasteiger partial charge < -0.3 is 14.4 Å². The summed E-state index contributed by atoms with van der Waals surface area (Å²) in [7, 11) is 3.61. The number of carbonyl (C=O) groups is 1. The first kappa shape index (κ1) is 23.7. The molecule has 1 aromatic carbocycles. The van der Waals surface area contributed by atoms with Crippen LogP contribution in [0.4, 0.5) is 0 Å². The molecule has 3 aromatic rings. The van der Waals surface area contributed by atoms with E-state index in [-0.39, 0.29) is 11.9 Å². The fourth-order valence-corrected chi connectivity index (χ4v) is 4.49. The summed E-state index contributed by atoms with van der Waals surface area (Å²) in [5.74, 6) is 2.30. The van der Waals surface area contributed by atoms with Gasteiger partial charge >= 0.3 is 0 Å². The van der Waals surface area contributed by atoms with Gasteiger partial charge in [0.05, 0.1) is 19.0 Å². The number of ether oxygens (including phenoxy) is 2. The van der Waals surface area contributed by atoms with Crippen LogP contribution < -0.4 is 9.47 Å². The van der Waals surface area contributed by atoms with Gasteiger partial charge in [-0.05, 0) is 63.1 Å². The first-order valence-electron chi connectivity index (χ1n) is 11.6. The molecule has 0 atom stereocenters. The van der Waals surface area contributed by atoms with Gasteiger partial charge in [-0.1, -0.05) is 0 Å². The average Bonchev–Trinajstić information content (AvgIpc) is 2.87. The van der Waals surface area contributed by atoms with Crippen LogP contribution >= 0.6 is 0 Å². The Bertz CT molecular complexity index is 1110. The minimum atomic E-state index is 0.0344. The Morgan fingerprint density at radius 2 is 1.82 bits per heavy atom. The lowest BCUT2D eigenvalue weighted by atomic mass is 10.0. The molecule has 7 nitrogen and oxygen atoms in total. The number of amides is 1. The Labute approximate surface area is 201 Å². The van der Waals surface area contributed by atoms with Crippen LogP contribution in [-0.2, 0) is 6.54 Å². The van der Waals surface area contributed by atoms with Gasteiger partial charge in [0, 0.05) is 61.8 Å². The zero-order valence-corrected chi connectivity index (χ0v) is 20.3. The van der Waals surface area contributed by atoms with Gasteiger partial charge in [0.2, 0.25) is 0 Å². The van der Waals surface area contributed by atoms with E-state index in [2.05, 4.69) is 21.8 Å². The first-order chi connectivity index (χ1) is 16.5. The monoisotopic (exact) mass is 460 g/mol. The van der Waals surface area contributed by atoms with E-state index in [4.69, 9.17) is 9.47 Å². The van der Waals surface area contributed by atoms with Gasteiger partial charge in [-0.3, -0.25) is 19.7 Å². The minimum Gasteiger partial charge on any atom is -0.496 e. The van der Waals surface area contributed by atoms with Crippen molar-refractivity contribution in [3.63, 3.8) is 0 Å². The third kappa shape index (κ3) is 5.37. The summed E-state index contributed by atoms with van der Waals surface area (Å²) in [5.41, 5.74) is 3.88. The van der Waals surface area contributed by atoms with E-state index in [0.717, 1.165) is 55.0 Å². The number of piperidine rings is 1. The molecule has 1 saturated heterocycles. The van der Waals surface area contributed by atoms with E-state index in [9.17, 15) is 4.79 Å². The van der Waals surface area contributed by atoms with Crippen LogP contribution in [0.15, 0.2) is 55.0 Å². The molecule has 0 saturated carbocycles. The van der Waals surface area contributed by atoms with Crippen molar-refractivity contribution >= 4 is 5.91 Å². The highest BCUT2D eigenvalue weighted by Crippen LogP contribution is 2.26. The van der Waals surface area contributed by atoms with Gasteiger partial charge in [-0.25, -0.2) is 0 Å². The SMILES string of the molecule is COc1c(C)cnc(CN2CCC(N(C)C(=O)c3ccc(Oc4cccnc4)cc3)CC2)c1C. The Balaban J connectivity index is 1.31. The molecule has 1 aliphatic rings. The zero-order chi connectivity index (χ0) is 24.1. The van der Waals surface area contributed by atoms with Gasteiger partial charge in [-0.15, -0.1) is 0 Å². The summed E-state index contributed by atoms with van der Waals surface area (Å²) in [5, 5.41) is 0. The van der Waals surface area contributed by atoms with Crippen molar-refractivity contribution in [3.8, 4) is 17.2 Å². The fraction of sp³-hybridized carbons (Fsp3) is 0.370. The lowest BCUT2D eigenvalue weighted by Gasteiger charge is -2.37. The van der Waals surface area contributed by atoms with Crippen molar-refractivity contribution in [1.29, 1.82) is 0 Å². The van der Waals surface area contributed by atoms with Gasteiger partial charge in [0.1, 0.15) is 17.2 Å². The molecule has 0 unspecified atom stereocenters. The number of hydrogen-bond donors (Lipinski definition) is 0. The van der Waals surface area contributed by atoms with Crippen molar-refractivity contribution in [3.05, 3.63) is 77.4 Å². The molecular weight excluding hydrogens is 428 g/mol. The van der Waals surface area contributed by atoms with E-state index in [1.807, 2.05) is 61.5 Å². The molecule has 0 bridgehead atoms. The van der Waals surface area contributed by atoms with E-state index < -0.39 is 0 Å². The van der Waals surface area contributed by atoms with Gasteiger partial charge in [-0.2, -0.15) is 0 Å². The lowest BCUT2D eigenvalue weighted by molar-refractivity contribution is 0.0635. The highest BCUT2D eigenvalue weighted by atomic mass is 16.5. The van der Waals surface area contributed by atoms with Gasteiger partial charge in [0.15, 0.2) is 0 Å². The maximum Gasteiger partial charge on any atom is 0.253 e.